The van der Waals surface area contributed by atoms with Gasteiger partial charge in [-0.05, 0) is 19.8 Å². The van der Waals surface area contributed by atoms with Crippen molar-refractivity contribution in [1.82, 2.24) is 20.0 Å². The summed E-state index contributed by atoms with van der Waals surface area (Å²) in [6.45, 7) is 4.51. The van der Waals surface area contributed by atoms with Gasteiger partial charge in [-0.1, -0.05) is 12.1 Å². The zero-order valence-electron chi connectivity index (χ0n) is 11.7. The zero-order chi connectivity index (χ0) is 14.1. The summed E-state index contributed by atoms with van der Waals surface area (Å²) >= 11 is 0. The van der Waals surface area contributed by atoms with Crippen molar-refractivity contribution in [2.45, 2.75) is 45.7 Å². The van der Waals surface area contributed by atoms with E-state index in [0.717, 1.165) is 30.9 Å². The number of imidazole rings is 1. The van der Waals surface area contributed by atoms with Gasteiger partial charge in [0.2, 0.25) is 0 Å². The summed E-state index contributed by atoms with van der Waals surface area (Å²) in [5.41, 5.74) is 1.31. The van der Waals surface area contributed by atoms with Crippen LogP contribution in [0.1, 0.15) is 41.0 Å². The zero-order valence-corrected chi connectivity index (χ0v) is 11.7. The van der Waals surface area contributed by atoms with Crippen LogP contribution in [0.3, 0.4) is 0 Å². The molecule has 2 aromatic rings. The lowest BCUT2D eigenvalue weighted by atomic mass is 10.1. The Labute approximate surface area is 117 Å². The summed E-state index contributed by atoms with van der Waals surface area (Å²) in [6.07, 6.45) is 6.25. The minimum Gasteiger partial charge on any atom is -0.361 e. The number of rotatable bonds is 3. The predicted molar refractivity (Wildman–Crippen MR) is 72.4 cm³/mol. The van der Waals surface area contributed by atoms with Crippen molar-refractivity contribution < 1.29 is 9.32 Å². The summed E-state index contributed by atoms with van der Waals surface area (Å²) in [4.78, 5) is 16.7. The van der Waals surface area contributed by atoms with E-state index in [1.54, 1.807) is 13.1 Å². The number of carbonyl (C=O) groups excluding carboxylic acids is 1. The van der Waals surface area contributed by atoms with Gasteiger partial charge in [0.15, 0.2) is 0 Å². The predicted octanol–water partition coefficient (Wildman–Crippen LogP) is 1.49. The molecule has 1 atom stereocenters. The molecule has 20 heavy (non-hydrogen) atoms. The average molecular weight is 274 g/mol. The second-order valence-electron chi connectivity index (χ2n) is 5.12. The van der Waals surface area contributed by atoms with E-state index in [0.29, 0.717) is 17.7 Å². The van der Waals surface area contributed by atoms with E-state index in [2.05, 4.69) is 20.0 Å². The Bertz CT molecular complexity index is 629. The summed E-state index contributed by atoms with van der Waals surface area (Å²) < 4.78 is 7.21. The summed E-state index contributed by atoms with van der Waals surface area (Å²) in [5, 5.41) is 7.00. The molecule has 3 rings (SSSR count). The summed E-state index contributed by atoms with van der Waals surface area (Å²) in [6, 6.07) is 0.128. The molecule has 0 saturated heterocycles. The number of hydrogen-bond donors (Lipinski definition) is 1. The molecule has 0 fully saturated rings. The first-order valence-electron chi connectivity index (χ1n) is 6.95. The van der Waals surface area contributed by atoms with Crippen molar-refractivity contribution in [3.8, 4) is 0 Å². The molecule has 1 amide bonds. The van der Waals surface area contributed by atoms with Gasteiger partial charge in [-0.3, -0.25) is 4.79 Å². The number of aromatic nitrogens is 3. The van der Waals surface area contributed by atoms with Gasteiger partial charge in [-0.15, -0.1) is 0 Å². The lowest BCUT2D eigenvalue weighted by Crippen LogP contribution is -2.41. The third-order valence-electron chi connectivity index (χ3n) is 3.77. The number of carbonyl (C=O) groups is 1. The fraction of sp³-hybridized carbons (Fsp3) is 0.500. The van der Waals surface area contributed by atoms with Gasteiger partial charge in [-0.2, -0.15) is 0 Å². The van der Waals surface area contributed by atoms with Gasteiger partial charge in [0.25, 0.3) is 5.91 Å². The lowest BCUT2D eigenvalue weighted by molar-refractivity contribution is 0.0925. The summed E-state index contributed by atoms with van der Waals surface area (Å²) in [5.74, 6) is 1.58. The molecule has 0 aliphatic carbocycles. The monoisotopic (exact) mass is 274 g/mol. The first-order chi connectivity index (χ1) is 9.69. The molecule has 1 N–H and O–H groups in total. The quantitative estimate of drug-likeness (QED) is 0.920. The first-order valence-corrected chi connectivity index (χ1v) is 6.95. The highest BCUT2D eigenvalue weighted by Gasteiger charge is 2.24. The Morgan fingerprint density at radius 2 is 2.45 bits per heavy atom. The van der Waals surface area contributed by atoms with Crippen molar-refractivity contribution >= 4 is 5.91 Å². The molecule has 0 radical (unpaired) electrons. The number of hydrogen-bond acceptors (Lipinski definition) is 4. The fourth-order valence-electron chi connectivity index (χ4n) is 2.69. The summed E-state index contributed by atoms with van der Waals surface area (Å²) in [7, 11) is 0. The van der Waals surface area contributed by atoms with Crippen LogP contribution in [0.4, 0.5) is 0 Å². The largest absolute Gasteiger partial charge is 0.361 e. The van der Waals surface area contributed by atoms with Gasteiger partial charge in [-0.25, -0.2) is 4.98 Å². The first kappa shape index (κ1) is 12.9. The normalized spacial score (nSPS) is 17.8. The van der Waals surface area contributed by atoms with E-state index in [-0.39, 0.29) is 11.9 Å². The third kappa shape index (κ3) is 2.21. The van der Waals surface area contributed by atoms with Crippen LogP contribution in [0.5, 0.6) is 0 Å². The second kappa shape index (κ2) is 5.11. The molecule has 0 spiro atoms. The average Bonchev–Trinajstić information content (AvgIpc) is 3.04. The van der Waals surface area contributed by atoms with Crippen molar-refractivity contribution in [3.05, 3.63) is 35.2 Å². The lowest BCUT2D eigenvalue weighted by Gasteiger charge is -2.24. The minimum absolute atomic E-state index is 0.0887. The SMILES string of the molecule is CCc1noc(C)c1C(=O)N[C@H]1CCc2nccn2C1. The highest BCUT2D eigenvalue weighted by molar-refractivity contribution is 5.96. The van der Waals surface area contributed by atoms with E-state index in [9.17, 15) is 4.79 Å². The van der Waals surface area contributed by atoms with Crippen molar-refractivity contribution in [2.75, 3.05) is 0 Å². The van der Waals surface area contributed by atoms with E-state index in [1.165, 1.54) is 0 Å². The van der Waals surface area contributed by atoms with E-state index in [4.69, 9.17) is 4.52 Å². The van der Waals surface area contributed by atoms with E-state index >= 15 is 0 Å². The minimum atomic E-state index is -0.0887. The highest BCUT2D eigenvalue weighted by atomic mass is 16.5. The number of nitrogens with zero attached hydrogens (tertiary/aromatic N) is 3. The maximum Gasteiger partial charge on any atom is 0.257 e. The van der Waals surface area contributed by atoms with Crippen LogP contribution < -0.4 is 5.32 Å². The standard InChI is InChI=1S/C14H18N4O2/c1-3-11-13(9(2)20-17-11)14(19)16-10-4-5-12-15-6-7-18(12)8-10/h6-7,10H,3-5,8H2,1-2H3,(H,16,19)/t10-/m0/s1. The Hall–Kier alpha value is -2.11. The second-order valence-corrected chi connectivity index (χ2v) is 5.12. The van der Waals surface area contributed by atoms with Crippen LogP contribution in [0, 0.1) is 6.92 Å². The third-order valence-corrected chi connectivity index (χ3v) is 3.77. The molecule has 0 bridgehead atoms. The molecular formula is C14H18N4O2. The smallest absolute Gasteiger partial charge is 0.257 e. The number of amides is 1. The molecule has 0 unspecified atom stereocenters. The van der Waals surface area contributed by atoms with Crippen LogP contribution in [-0.2, 0) is 19.4 Å². The van der Waals surface area contributed by atoms with Crippen LogP contribution in [0.25, 0.3) is 0 Å². The van der Waals surface area contributed by atoms with Gasteiger partial charge >= 0.3 is 0 Å². The van der Waals surface area contributed by atoms with Crippen LogP contribution in [-0.4, -0.2) is 26.7 Å². The van der Waals surface area contributed by atoms with Gasteiger partial charge in [0.05, 0.1) is 5.69 Å². The molecule has 6 nitrogen and oxygen atoms in total. The topological polar surface area (TPSA) is 73.0 Å². The van der Waals surface area contributed by atoms with E-state index < -0.39 is 0 Å². The molecular weight excluding hydrogens is 256 g/mol. The van der Waals surface area contributed by atoms with Crippen molar-refractivity contribution in [1.29, 1.82) is 0 Å². The molecule has 3 heterocycles. The maximum atomic E-state index is 12.4. The van der Waals surface area contributed by atoms with Gasteiger partial charge in [0, 0.05) is 31.4 Å². The molecule has 106 valence electrons. The number of fused-ring (bicyclic) bond motifs is 1. The molecule has 6 heteroatoms. The molecule has 1 aliphatic rings. The Morgan fingerprint density at radius 1 is 1.60 bits per heavy atom. The Balaban J connectivity index is 1.72. The van der Waals surface area contributed by atoms with E-state index in [1.807, 2.05) is 13.1 Å². The molecule has 0 saturated carbocycles. The number of aryl methyl sites for hydroxylation is 3. The Kier molecular flexibility index (Phi) is 3.30. The number of nitrogens with one attached hydrogen (secondary N) is 1. The highest BCUT2D eigenvalue weighted by Crippen LogP contribution is 2.17. The van der Waals surface area contributed by atoms with Crippen molar-refractivity contribution in [2.24, 2.45) is 0 Å². The van der Waals surface area contributed by atoms with Crippen LogP contribution in [0.2, 0.25) is 0 Å². The van der Waals surface area contributed by atoms with Crippen LogP contribution in [0.15, 0.2) is 16.9 Å². The molecule has 1 aliphatic heterocycles. The van der Waals surface area contributed by atoms with Gasteiger partial charge in [0.1, 0.15) is 17.1 Å². The van der Waals surface area contributed by atoms with Crippen molar-refractivity contribution in [3.63, 3.8) is 0 Å². The maximum absolute atomic E-state index is 12.4. The molecule has 2 aromatic heterocycles. The van der Waals surface area contributed by atoms with Gasteiger partial charge < -0.3 is 14.4 Å². The Morgan fingerprint density at radius 3 is 3.25 bits per heavy atom. The van der Waals surface area contributed by atoms with Crippen LogP contribution >= 0.6 is 0 Å². The molecule has 0 aromatic carbocycles. The fourth-order valence-corrected chi connectivity index (χ4v) is 2.69.